The maximum Gasteiger partial charge on any atom is 0.303 e. The number of rotatable bonds is 3. The van der Waals surface area contributed by atoms with Crippen LogP contribution in [0.25, 0.3) is 0 Å². The highest BCUT2D eigenvalue weighted by Crippen LogP contribution is 1.82. The van der Waals surface area contributed by atoms with E-state index < -0.39 is 11.9 Å². The van der Waals surface area contributed by atoms with Crippen LogP contribution in [-0.4, -0.2) is 22.2 Å². The first-order valence-electron chi connectivity index (χ1n) is 5.48. The third-order valence-corrected chi connectivity index (χ3v) is 1.43. The highest BCUT2D eigenvalue weighted by molar-refractivity contribution is 5.66. The average Bonchev–Trinajstić information content (AvgIpc) is 2.32. The molecular formula is C13H20O4. The Morgan fingerprint density at radius 2 is 1.12 bits per heavy atom. The first kappa shape index (κ1) is 17.6. The smallest absolute Gasteiger partial charge is 0.303 e. The Labute approximate surface area is 102 Å². The maximum atomic E-state index is 9.60. The van der Waals surface area contributed by atoms with Crippen LogP contribution in [-0.2, 0) is 9.59 Å². The maximum absolute atomic E-state index is 9.60. The Kier molecular flexibility index (Phi) is 14.6. The molecule has 0 aliphatic carbocycles. The zero-order valence-corrected chi connectivity index (χ0v) is 10.3. The molecule has 0 fully saturated rings. The lowest BCUT2D eigenvalue weighted by atomic mass is 10.4. The van der Waals surface area contributed by atoms with Gasteiger partial charge in [-0.05, 0) is 6.42 Å². The lowest BCUT2D eigenvalue weighted by molar-refractivity contribution is -0.137. The van der Waals surface area contributed by atoms with Crippen LogP contribution in [0.2, 0.25) is 0 Å². The van der Waals surface area contributed by atoms with Gasteiger partial charge in [0.25, 0.3) is 0 Å². The highest BCUT2D eigenvalue weighted by atomic mass is 16.4. The second-order valence-electron chi connectivity index (χ2n) is 3.05. The van der Waals surface area contributed by atoms with Crippen molar-refractivity contribution in [1.82, 2.24) is 0 Å². The van der Waals surface area contributed by atoms with Gasteiger partial charge in [0.1, 0.15) is 0 Å². The van der Waals surface area contributed by atoms with Crippen molar-refractivity contribution in [2.45, 2.75) is 33.1 Å². The van der Waals surface area contributed by atoms with E-state index in [0.29, 0.717) is 6.42 Å². The van der Waals surface area contributed by atoms with Crippen molar-refractivity contribution in [3.8, 4) is 0 Å². The molecule has 0 amide bonds. The first-order valence-corrected chi connectivity index (χ1v) is 5.48. The Balaban J connectivity index is 0. The van der Waals surface area contributed by atoms with Crippen LogP contribution in [0.4, 0.5) is 0 Å². The van der Waals surface area contributed by atoms with Crippen LogP contribution in [0, 0.1) is 0 Å². The van der Waals surface area contributed by atoms with Crippen LogP contribution < -0.4 is 0 Å². The molecule has 17 heavy (non-hydrogen) atoms. The van der Waals surface area contributed by atoms with E-state index in [4.69, 9.17) is 10.2 Å². The van der Waals surface area contributed by atoms with Gasteiger partial charge in [-0.15, -0.1) is 0 Å². The molecule has 0 saturated heterocycles. The number of aliphatic carboxylic acids is 2. The summed E-state index contributed by atoms with van der Waals surface area (Å²) in [6, 6.07) is 12.0. The van der Waals surface area contributed by atoms with E-state index in [-0.39, 0.29) is 6.42 Å². The van der Waals surface area contributed by atoms with Crippen LogP contribution in [0.15, 0.2) is 36.4 Å². The molecule has 0 aliphatic heterocycles. The molecule has 0 bridgehead atoms. The van der Waals surface area contributed by atoms with Crippen LogP contribution in [0.1, 0.15) is 33.1 Å². The van der Waals surface area contributed by atoms with Crippen LogP contribution in [0.3, 0.4) is 0 Å². The number of benzene rings is 1. The van der Waals surface area contributed by atoms with Gasteiger partial charge in [0.15, 0.2) is 0 Å². The van der Waals surface area contributed by atoms with E-state index in [1.165, 1.54) is 0 Å². The minimum absolute atomic E-state index is 0.222. The number of hydrogen-bond donors (Lipinski definition) is 2. The third-order valence-electron chi connectivity index (χ3n) is 1.43. The topological polar surface area (TPSA) is 74.6 Å². The zero-order chi connectivity index (χ0) is 13.5. The summed E-state index contributed by atoms with van der Waals surface area (Å²) in [6.45, 7) is 3.44. The monoisotopic (exact) mass is 240 g/mol. The molecule has 0 spiro atoms. The molecule has 1 aromatic carbocycles. The quantitative estimate of drug-likeness (QED) is 0.851. The van der Waals surface area contributed by atoms with Gasteiger partial charge in [-0.3, -0.25) is 9.59 Å². The molecular weight excluding hydrogens is 220 g/mol. The fourth-order valence-electron chi connectivity index (χ4n) is 0.599. The minimum atomic E-state index is -0.745. The summed E-state index contributed by atoms with van der Waals surface area (Å²) in [5, 5.41) is 15.6. The van der Waals surface area contributed by atoms with Crippen molar-refractivity contribution in [2.75, 3.05) is 0 Å². The summed E-state index contributed by atoms with van der Waals surface area (Å²) >= 11 is 0. The van der Waals surface area contributed by atoms with Gasteiger partial charge in [-0.1, -0.05) is 50.2 Å². The molecule has 0 aromatic heterocycles. The molecule has 0 atom stereocenters. The Bertz CT molecular complexity index is 256. The molecule has 2 N–H and O–H groups in total. The summed E-state index contributed by atoms with van der Waals surface area (Å²) in [6.07, 6.45) is 1.25. The van der Waals surface area contributed by atoms with Gasteiger partial charge in [0.2, 0.25) is 0 Å². The van der Waals surface area contributed by atoms with E-state index in [9.17, 15) is 9.59 Å². The molecule has 96 valence electrons. The molecule has 0 unspecified atom stereocenters. The van der Waals surface area contributed by atoms with Crippen molar-refractivity contribution in [1.29, 1.82) is 0 Å². The van der Waals surface area contributed by atoms with Crippen molar-refractivity contribution in [2.24, 2.45) is 0 Å². The Hall–Kier alpha value is -1.84. The highest BCUT2D eigenvalue weighted by Gasteiger charge is 1.87. The molecule has 1 rings (SSSR count). The van der Waals surface area contributed by atoms with E-state index >= 15 is 0 Å². The fourth-order valence-corrected chi connectivity index (χ4v) is 0.599. The van der Waals surface area contributed by atoms with Gasteiger partial charge in [-0.2, -0.15) is 0 Å². The van der Waals surface area contributed by atoms with E-state index in [2.05, 4.69) is 0 Å². The molecule has 1 aromatic rings. The number of carbonyl (C=O) groups is 2. The van der Waals surface area contributed by atoms with Gasteiger partial charge in [0.05, 0.1) is 0 Å². The summed E-state index contributed by atoms with van der Waals surface area (Å²) in [7, 11) is 0. The predicted molar refractivity (Wildman–Crippen MR) is 66.9 cm³/mol. The number of carboxylic acids is 2. The van der Waals surface area contributed by atoms with E-state index in [0.717, 1.165) is 6.42 Å². The summed E-state index contributed by atoms with van der Waals surface area (Å²) in [5.41, 5.74) is 0. The van der Waals surface area contributed by atoms with Crippen molar-refractivity contribution < 1.29 is 19.8 Å². The zero-order valence-electron chi connectivity index (χ0n) is 10.3. The lowest BCUT2D eigenvalue weighted by Crippen LogP contribution is -1.90. The van der Waals surface area contributed by atoms with Crippen LogP contribution in [0.5, 0.6) is 0 Å². The molecule has 0 heterocycles. The normalized spacial score (nSPS) is 7.88. The Morgan fingerprint density at radius 3 is 1.18 bits per heavy atom. The standard InChI is InChI=1S/C6H6.C4H8O2.C3H6O2/c1-2-4-6-5-3-1;1-2-3-4(5)6;1-2-3(4)5/h1-6H;2-3H2,1H3,(H,5,6);2H2,1H3,(H,4,5). The van der Waals surface area contributed by atoms with Gasteiger partial charge >= 0.3 is 11.9 Å². The summed E-state index contributed by atoms with van der Waals surface area (Å²) in [4.78, 5) is 19.0. The molecule has 4 nitrogen and oxygen atoms in total. The van der Waals surface area contributed by atoms with Crippen molar-refractivity contribution in [3.05, 3.63) is 36.4 Å². The molecule has 0 aliphatic rings. The predicted octanol–water partition coefficient (Wildman–Crippen LogP) is 3.04. The number of carboxylic acid groups (broad SMARTS) is 2. The minimum Gasteiger partial charge on any atom is -0.481 e. The molecule has 4 heteroatoms. The SMILES string of the molecule is CCC(=O)O.CCCC(=O)O.c1ccccc1. The van der Waals surface area contributed by atoms with Gasteiger partial charge < -0.3 is 10.2 Å². The number of hydrogen-bond acceptors (Lipinski definition) is 2. The van der Waals surface area contributed by atoms with Crippen molar-refractivity contribution in [3.63, 3.8) is 0 Å². The molecule has 0 radical (unpaired) electrons. The molecule has 0 saturated carbocycles. The van der Waals surface area contributed by atoms with Crippen molar-refractivity contribution >= 4 is 11.9 Å². The van der Waals surface area contributed by atoms with Crippen LogP contribution >= 0.6 is 0 Å². The first-order chi connectivity index (χ1) is 8.04. The van der Waals surface area contributed by atoms with E-state index in [1.54, 1.807) is 6.92 Å². The average molecular weight is 240 g/mol. The summed E-state index contributed by atoms with van der Waals surface area (Å²) < 4.78 is 0. The largest absolute Gasteiger partial charge is 0.481 e. The van der Waals surface area contributed by atoms with Gasteiger partial charge in [-0.25, -0.2) is 0 Å². The second kappa shape index (κ2) is 14.2. The summed E-state index contributed by atoms with van der Waals surface area (Å²) in [5.74, 6) is -1.46. The Morgan fingerprint density at radius 1 is 0.824 bits per heavy atom. The fraction of sp³-hybridized carbons (Fsp3) is 0.385. The van der Waals surface area contributed by atoms with Gasteiger partial charge in [0, 0.05) is 12.8 Å². The van der Waals surface area contributed by atoms with E-state index in [1.807, 2.05) is 43.3 Å². The third kappa shape index (κ3) is 25.0. The second-order valence-corrected chi connectivity index (χ2v) is 3.05. The lowest BCUT2D eigenvalue weighted by Gasteiger charge is -1.79.